The molecule has 29 heavy (non-hydrogen) atoms. The van der Waals surface area contributed by atoms with Crippen LogP contribution >= 0.6 is 0 Å². The predicted molar refractivity (Wildman–Crippen MR) is 108 cm³/mol. The Hall–Kier alpha value is -2.93. The average Bonchev–Trinajstić information content (AvgIpc) is 3.47. The molecule has 6 nitrogen and oxygen atoms in total. The number of anilines is 1. The summed E-state index contributed by atoms with van der Waals surface area (Å²) in [4.78, 5) is 7.03. The number of aromatic nitrogens is 3. The second kappa shape index (κ2) is 7.15. The van der Waals surface area contributed by atoms with Gasteiger partial charge in [0.2, 0.25) is 0 Å². The summed E-state index contributed by atoms with van der Waals surface area (Å²) in [5.41, 5.74) is 2.71. The van der Waals surface area contributed by atoms with Crippen LogP contribution in [0, 0.1) is 11.7 Å². The number of rotatable bonds is 5. The maximum Gasteiger partial charge on any atom is 0.180 e. The third kappa shape index (κ3) is 3.35. The molecule has 0 radical (unpaired) electrons. The van der Waals surface area contributed by atoms with Crippen LogP contribution in [0.15, 0.2) is 42.5 Å². The molecule has 0 bridgehead atoms. The van der Waals surface area contributed by atoms with E-state index in [1.165, 1.54) is 12.1 Å². The summed E-state index contributed by atoms with van der Waals surface area (Å²) < 4.78 is 26.7. The fourth-order valence-electron chi connectivity index (χ4n) is 3.80. The van der Waals surface area contributed by atoms with Crippen LogP contribution in [-0.2, 0) is 4.74 Å². The van der Waals surface area contributed by atoms with Crippen molar-refractivity contribution in [3.63, 3.8) is 0 Å². The van der Waals surface area contributed by atoms with Gasteiger partial charge in [-0.3, -0.25) is 0 Å². The van der Waals surface area contributed by atoms with Gasteiger partial charge in [-0.25, -0.2) is 14.1 Å². The quantitative estimate of drug-likeness (QED) is 0.655. The molecule has 0 saturated heterocycles. The molecular weight excluding hydrogens is 371 g/mol. The summed E-state index contributed by atoms with van der Waals surface area (Å²) in [5, 5.41) is 4.76. The SMILES string of the molecule is COC(c1nc(-c2ccc3c(c2)N(C)CCO3)n(-c2ccc(F)cc2)n1)C1CC1. The first-order valence-electron chi connectivity index (χ1n) is 9.88. The first-order chi connectivity index (χ1) is 14.1. The van der Waals surface area contributed by atoms with Crippen molar-refractivity contribution in [1.29, 1.82) is 0 Å². The number of likely N-dealkylation sites (N-methyl/N-ethyl adjacent to an activating group) is 1. The Morgan fingerprint density at radius 2 is 1.97 bits per heavy atom. The van der Waals surface area contributed by atoms with Gasteiger partial charge in [0.05, 0.1) is 17.9 Å². The molecule has 2 heterocycles. The van der Waals surface area contributed by atoms with E-state index in [0.717, 1.165) is 42.1 Å². The number of methoxy groups -OCH3 is 1. The molecule has 0 amide bonds. The van der Waals surface area contributed by atoms with Crippen LogP contribution in [0.5, 0.6) is 5.75 Å². The van der Waals surface area contributed by atoms with E-state index in [9.17, 15) is 4.39 Å². The summed E-state index contributed by atoms with van der Waals surface area (Å²) in [6.07, 6.45) is 2.12. The smallest absolute Gasteiger partial charge is 0.180 e. The van der Waals surface area contributed by atoms with E-state index >= 15 is 0 Å². The second-order valence-corrected chi connectivity index (χ2v) is 7.63. The average molecular weight is 394 g/mol. The van der Waals surface area contributed by atoms with Crippen LogP contribution in [-0.4, -0.2) is 42.1 Å². The number of nitrogens with zero attached hydrogens (tertiary/aromatic N) is 4. The Morgan fingerprint density at radius 3 is 2.69 bits per heavy atom. The molecule has 3 aromatic rings. The van der Waals surface area contributed by atoms with Gasteiger partial charge in [0.1, 0.15) is 24.3 Å². The van der Waals surface area contributed by atoms with Gasteiger partial charge in [0.15, 0.2) is 11.6 Å². The molecule has 2 aliphatic rings. The van der Waals surface area contributed by atoms with Crippen molar-refractivity contribution >= 4 is 5.69 Å². The van der Waals surface area contributed by atoms with Crippen LogP contribution in [0.3, 0.4) is 0 Å². The number of fused-ring (bicyclic) bond motifs is 1. The molecule has 1 aliphatic carbocycles. The zero-order valence-corrected chi connectivity index (χ0v) is 16.5. The number of hydrogen-bond acceptors (Lipinski definition) is 5. The minimum atomic E-state index is -0.282. The number of benzene rings is 2. The van der Waals surface area contributed by atoms with Crippen LogP contribution in [0.1, 0.15) is 24.8 Å². The normalized spacial score (nSPS) is 17.0. The summed E-state index contributed by atoms with van der Waals surface area (Å²) in [5.74, 6) is 2.41. The largest absolute Gasteiger partial charge is 0.490 e. The third-order valence-electron chi connectivity index (χ3n) is 5.57. The number of hydrogen-bond donors (Lipinski definition) is 0. The van der Waals surface area contributed by atoms with Crippen LogP contribution in [0.25, 0.3) is 17.1 Å². The fraction of sp³-hybridized carbons (Fsp3) is 0.364. The predicted octanol–water partition coefficient (Wildman–Crippen LogP) is 4.00. The summed E-state index contributed by atoms with van der Waals surface area (Å²) in [6, 6.07) is 12.3. The Morgan fingerprint density at radius 1 is 1.17 bits per heavy atom. The van der Waals surface area contributed by atoms with Gasteiger partial charge in [-0.1, -0.05) is 0 Å². The highest BCUT2D eigenvalue weighted by Gasteiger charge is 2.36. The number of ether oxygens (including phenoxy) is 2. The summed E-state index contributed by atoms with van der Waals surface area (Å²) in [6.45, 7) is 1.51. The maximum atomic E-state index is 13.5. The van der Waals surface area contributed by atoms with E-state index in [-0.39, 0.29) is 11.9 Å². The highest BCUT2D eigenvalue weighted by Crippen LogP contribution is 2.43. The molecule has 2 aromatic carbocycles. The summed E-state index contributed by atoms with van der Waals surface area (Å²) >= 11 is 0. The van der Waals surface area contributed by atoms with Crippen LogP contribution in [0.4, 0.5) is 10.1 Å². The zero-order valence-electron chi connectivity index (χ0n) is 16.5. The van der Waals surface area contributed by atoms with Crippen molar-refractivity contribution in [2.75, 3.05) is 32.2 Å². The fourth-order valence-corrected chi connectivity index (χ4v) is 3.80. The molecule has 1 aromatic heterocycles. The van der Waals surface area contributed by atoms with Crippen LogP contribution < -0.4 is 9.64 Å². The Kier molecular flexibility index (Phi) is 4.47. The Balaban J connectivity index is 1.63. The first-order valence-corrected chi connectivity index (χ1v) is 9.88. The van der Waals surface area contributed by atoms with Crippen molar-refractivity contribution in [1.82, 2.24) is 14.8 Å². The maximum absolute atomic E-state index is 13.5. The van der Waals surface area contributed by atoms with E-state index in [1.807, 2.05) is 12.1 Å². The van der Waals surface area contributed by atoms with Gasteiger partial charge in [0.25, 0.3) is 0 Å². The first kappa shape index (κ1) is 18.1. The zero-order chi connectivity index (χ0) is 20.0. The minimum absolute atomic E-state index is 0.126. The van der Waals surface area contributed by atoms with Crippen molar-refractivity contribution in [3.05, 3.63) is 54.1 Å². The van der Waals surface area contributed by atoms with Gasteiger partial charge in [0, 0.05) is 19.7 Å². The van der Waals surface area contributed by atoms with E-state index < -0.39 is 0 Å². The lowest BCUT2D eigenvalue weighted by Crippen LogP contribution is -2.28. The Bertz CT molecular complexity index is 1030. The van der Waals surface area contributed by atoms with Gasteiger partial charge < -0.3 is 14.4 Å². The Labute approximate surface area is 168 Å². The molecule has 1 saturated carbocycles. The molecule has 5 rings (SSSR count). The minimum Gasteiger partial charge on any atom is -0.490 e. The molecule has 1 atom stereocenters. The molecule has 7 heteroatoms. The van der Waals surface area contributed by atoms with Gasteiger partial charge in [-0.15, -0.1) is 5.10 Å². The van der Waals surface area contributed by atoms with Crippen LogP contribution in [0.2, 0.25) is 0 Å². The molecule has 1 fully saturated rings. The van der Waals surface area contributed by atoms with Crippen molar-refractivity contribution in [2.24, 2.45) is 5.92 Å². The van der Waals surface area contributed by atoms with E-state index in [2.05, 4.69) is 18.0 Å². The molecule has 1 unspecified atom stereocenters. The van der Waals surface area contributed by atoms with E-state index in [1.54, 1.807) is 23.9 Å². The van der Waals surface area contributed by atoms with E-state index in [4.69, 9.17) is 19.6 Å². The molecule has 0 N–H and O–H groups in total. The molecule has 1 aliphatic heterocycles. The van der Waals surface area contributed by atoms with Crippen molar-refractivity contribution < 1.29 is 13.9 Å². The highest BCUT2D eigenvalue weighted by atomic mass is 19.1. The summed E-state index contributed by atoms with van der Waals surface area (Å²) in [7, 11) is 3.75. The standard InChI is InChI=1S/C22H23FN4O2/c1-26-11-12-29-19-10-5-15(13-18(19)26)22-24-21(20(28-2)14-3-4-14)25-27(22)17-8-6-16(23)7-9-17/h5-10,13-14,20H,3-4,11-12H2,1-2H3. The third-order valence-corrected chi connectivity index (χ3v) is 5.57. The van der Waals surface area contributed by atoms with Crippen molar-refractivity contribution in [3.8, 4) is 22.8 Å². The van der Waals surface area contributed by atoms with Crippen molar-refractivity contribution in [2.45, 2.75) is 18.9 Å². The van der Waals surface area contributed by atoms with Gasteiger partial charge in [-0.05, 0) is 61.2 Å². The van der Waals surface area contributed by atoms with E-state index in [0.29, 0.717) is 24.2 Å². The van der Waals surface area contributed by atoms with Gasteiger partial charge in [-0.2, -0.15) is 0 Å². The monoisotopic (exact) mass is 394 g/mol. The number of halogens is 1. The molecule has 150 valence electrons. The lowest BCUT2D eigenvalue weighted by molar-refractivity contribution is 0.0773. The lowest BCUT2D eigenvalue weighted by atomic mass is 10.1. The molecule has 0 spiro atoms. The highest BCUT2D eigenvalue weighted by molar-refractivity contribution is 5.70. The second-order valence-electron chi connectivity index (χ2n) is 7.63. The van der Waals surface area contributed by atoms with Gasteiger partial charge >= 0.3 is 0 Å². The lowest BCUT2D eigenvalue weighted by Gasteiger charge is -2.28. The topological polar surface area (TPSA) is 52.4 Å². The molecular formula is C22H23FN4O2.